The minimum atomic E-state index is 0.169. The first-order valence-corrected chi connectivity index (χ1v) is 7.36. The van der Waals surface area contributed by atoms with E-state index in [1.165, 1.54) is 37.1 Å². The number of benzene rings is 1. The Balaban J connectivity index is 1.93. The number of hydrogen-bond acceptors (Lipinski definition) is 3. The zero-order valence-corrected chi connectivity index (χ0v) is 12.2. The van der Waals surface area contributed by atoms with Crippen LogP contribution in [0.5, 0.6) is 5.75 Å². The summed E-state index contributed by atoms with van der Waals surface area (Å²) in [6.45, 7) is 8.41. The summed E-state index contributed by atoms with van der Waals surface area (Å²) < 4.78 is 6.03. The topological polar surface area (TPSA) is 38.5 Å². The van der Waals surface area contributed by atoms with Crippen molar-refractivity contribution in [2.24, 2.45) is 5.73 Å². The number of rotatable bonds is 6. The van der Waals surface area contributed by atoms with Crippen LogP contribution in [0.25, 0.3) is 0 Å². The lowest BCUT2D eigenvalue weighted by atomic mass is 10.0. The van der Waals surface area contributed by atoms with Crippen LogP contribution in [0.2, 0.25) is 0 Å². The van der Waals surface area contributed by atoms with E-state index in [1.807, 2.05) is 6.92 Å². The van der Waals surface area contributed by atoms with Gasteiger partial charge in [0.15, 0.2) is 0 Å². The molecule has 0 saturated carbocycles. The fraction of sp³-hybridized carbons (Fsp3) is 0.625. The van der Waals surface area contributed by atoms with Gasteiger partial charge in [0.25, 0.3) is 0 Å². The van der Waals surface area contributed by atoms with Crippen molar-refractivity contribution in [1.82, 2.24) is 4.90 Å². The molecule has 3 heteroatoms. The van der Waals surface area contributed by atoms with Crippen molar-refractivity contribution in [1.29, 1.82) is 0 Å². The molecule has 1 aromatic rings. The molecule has 1 aromatic carbocycles. The molecule has 0 bridgehead atoms. The predicted molar refractivity (Wildman–Crippen MR) is 79.7 cm³/mol. The number of nitrogens with zero attached hydrogens (tertiary/aromatic N) is 1. The lowest BCUT2D eigenvalue weighted by Gasteiger charge is -2.18. The van der Waals surface area contributed by atoms with Gasteiger partial charge in [-0.3, -0.25) is 4.90 Å². The highest BCUT2D eigenvalue weighted by Crippen LogP contribution is 2.24. The molecule has 1 unspecified atom stereocenters. The quantitative estimate of drug-likeness (QED) is 0.855. The summed E-state index contributed by atoms with van der Waals surface area (Å²) in [4.78, 5) is 2.48. The zero-order chi connectivity index (χ0) is 13.7. The standard InChI is InChI=1S/C16H26N2O/c1-13-6-5-7-15(12-14(2)17)16(13)19-11-10-18-8-3-4-9-18/h5-7,14H,3-4,8-12,17H2,1-2H3. The Kier molecular flexibility index (Phi) is 5.23. The van der Waals surface area contributed by atoms with Gasteiger partial charge in [-0.15, -0.1) is 0 Å². The number of likely N-dealkylation sites (tertiary alicyclic amines) is 1. The van der Waals surface area contributed by atoms with Crippen molar-refractivity contribution >= 4 is 0 Å². The van der Waals surface area contributed by atoms with Crippen molar-refractivity contribution in [2.45, 2.75) is 39.2 Å². The van der Waals surface area contributed by atoms with Crippen LogP contribution in [0.1, 0.15) is 30.9 Å². The molecule has 0 spiro atoms. The minimum Gasteiger partial charge on any atom is -0.492 e. The van der Waals surface area contributed by atoms with E-state index >= 15 is 0 Å². The normalized spacial score (nSPS) is 17.6. The van der Waals surface area contributed by atoms with Crippen molar-refractivity contribution in [2.75, 3.05) is 26.2 Å². The van der Waals surface area contributed by atoms with Crippen LogP contribution in [0.15, 0.2) is 18.2 Å². The summed E-state index contributed by atoms with van der Waals surface area (Å²) in [7, 11) is 0. The largest absolute Gasteiger partial charge is 0.492 e. The highest BCUT2D eigenvalue weighted by molar-refractivity contribution is 5.41. The fourth-order valence-corrected chi connectivity index (χ4v) is 2.71. The molecule has 2 N–H and O–H groups in total. The summed E-state index contributed by atoms with van der Waals surface area (Å²) in [5, 5.41) is 0. The molecule has 106 valence electrons. The summed E-state index contributed by atoms with van der Waals surface area (Å²) in [6.07, 6.45) is 3.54. The molecule has 0 aromatic heterocycles. The summed E-state index contributed by atoms with van der Waals surface area (Å²) >= 11 is 0. The third-order valence-corrected chi connectivity index (χ3v) is 3.69. The van der Waals surface area contributed by atoms with Gasteiger partial charge in [-0.1, -0.05) is 18.2 Å². The van der Waals surface area contributed by atoms with Gasteiger partial charge in [0.05, 0.1) is 0 Å². The number of aryl methyl sites for hydroxylation is 1. The molecule has 1 aliphatic heterocycles. The van der Waals surface area contributed by atoms with E-state index in [-0.39, 0.29) is 6.04 Å². The molecular formula is C16H26N2O. The third kappa shape index (κ3) is 4.22. The van der Waals surface area contributed by atoms with Crippen molar-refractivity contribution in [3.63, 3.8) is 0 Å². The Morgan fingerprint density at radius 1 is 1.32 bits per heavy atom. The highest BCUT2D eigenvalue weighted by atomic mass is 16.5. The molecule has 2 rings (SSSR count). The molecule has 0 aliphatic carbocycles. The molecule has 1 aliphatic rings. The first-order chi connectivity index (χ1) is 9.16. The molecular weight excluding hydrogens is 236 g/mol. The first kappa shape index (κ1) is 14.4. The van der Waals surface area contributed by atoms with Gasteiger partial charge in [0.1, 0.15) is 12.4 Å². The van der Waals surface area contributed by atoms with Crippen LogP contribution in [-0.4, -0.2) is 37.2 Å². The number of para-hydroxylation sites is 1. The van der Waals surface area contributed by atoms with Crippen LogP contribution in [0.3, 0.4) is 0 Å². The Labute approximate surface area is 116 Å². The van der Waals surface area contributed by atoms with E-state index in [0.29, 0.717) is 0 Å². The van der Waals surface area contributed by atoms with Gasteiger partial charge in [-0.2, -0.15) is 0 Å². The van der Waals surface area contributed by atoms with Crippen LogP contribution in [0, 0.1) is 6.92 Å². The minimum absolute atomic E-state index is 0.169. The second-order valence-corrected chi connectivity index (χ2v) is 5.64. The predicted octanol–water partition coefficient (Wildman–Crippen LogP) is 2.36. The van der Waals surface area contributed by atoms with E-state index in [2.05, 4.69) is 30.0 Å². The second-order valence-electron chi connectivity index (χ2n) is 5.64. The van der Waals surface area contributed by atoms with Gasteiger partial charge in [-0.05, 0) is 57.3 Å². The maximum atomic E-state index is 6.03. The maximum absolute atomic E-state index is 6.03. The Bertz CT molecular complexity index is 398. The van der Waals surface area contributed by atoms with E-state index in [4.69, 9.17) is 10.5 Å². The van der Waals surface area contributed by atoms with E-state index < -0.39 is 0 Å². The molecule has 19 heavy (non-hydrogen) atoms. The van der Waals surface area contributed by atoms with Gasteiger partial charge >= 0.3 is 0 Å². The van der Waals surface area contributed by atoms with Gasteiger partial charge in [0.2, 0.25) is 0 Å². The van der Waals surface area contributed by atoms with Crippen LogP contribution >= 0.6 is 0 Å². The lowest BCUT2D eigenvalue weighted by Crippen LogP contribution is -2.25. The van der Waals surface area contributed by atoms with Gasteiger partial charge in [-0.25, -0.2) is 0 Å². The molecule has 3 nitrogen and oxygen atoms in total. The molecule has 0 amide bonds. The first-order valence-electron chi connectivity index (χ1n) is 7.36. The fourth-order valence-electron chi connectivity index (χ4n) is 2.71. The average Bonchev–Trinajstić information content (AvgIpc) is 2.85. The number of hydrogen-bond donors (Lipinski definition) is 1. The van der Waals surface area contributed by atoms with Gasteiger partial charge in [0, 0.05) is 12.6 Å². The molecule has 1 atom stereocenters. The molecule has 0 radical (unpaired) electrons. The van der Waals surface area contributed by atoms with Crippen molar-refractivity contribution in [3.05, 3.63) is 29.3 Å². The maximum Gasteiger partial charge on any atom is 0.125 e. The monoisotopic (exact) mass is 262 g/mol. The molecule has 1 heterocycles. The Hall–Kier alpha value is -1.06. The number of ether oxygens (including phenoxy) is 1. The zero-order valence-electron chi connectivity index (χ0n) is 12.2. The number of nitrogens with two attached hydrogens (primary N) is 1. The summed E-state index contributed by atoms with van der Waals surface area (Å²) in [5.41, 5.74) is 8.35. The van der Waals surface area contributed by atoms with Crippen LogP contribution in [0.4, 0.5) is 0 Å². The van der Waals surface area contributed by atoms with Crippen molar-refractivity contribution in [3.8, 4) is 5.75 Å². The summed E-state index contributed by atoms with van der Waals surface area (Å²) in [6, 6.07) is 6.49. The van der Waals surface area contributed by atoms with E-state index in [1.54, 1.807) is 0 Å². The van der Waals surface area contributed by atoms with E-state index in [9.17, 15) is 0 Å². The summed E-state index contributed by atoms with van der Waals surface area (Å²) in [5.74, 6) is 1.04. The lowest BCUT2D eigenvalue weighted by molar-refractivity contribution is 0.235. The SMILES string of the molecule is Cc1cccc(CC(C)N)c1OCCN1CCCC1. The van der Waals surface area contributed by atoms with E-state index in [0.717, 1.165) is 25.3 Å². The Morgan fingerprint density at radius 2 is 2.05 bits per heavy atom. The van der Waals surface area contributed by atoms with Crippen LogP contribution in [-0.2, 0) is 6.42 Å². The molecule has 1 saturated heterocycles. The van der Waals surface area contributed by atoms with Gasteiger partial charge < -0.3 is 10.5 Å². The second kappa shape index (κ2) is 6.92. The average molecular weight is 262 g/mol. The highest BCUT2D eigenvalue weighted by Gasteiger charge is 2.12. The Morgan fingerprint density at radius 3 is 2.74 bits per heavy atom. The molecule has 1 fully saturated rings. The van der Waals surface area contributed by atoms with Crippen LogP contribution < -0.4 is 10.5 Å². The third-order valence-electron chi connectivity index (χ3n) is 3.69. The smallest absolute Gasteiger partial charge is 0.125 e. The van der Waals surface area contributed by atoms with Crippen molar-refractivity contribution < 1.29 is 4.74 Å².